The molecule has 0 bridgehead atoms. The van der Waals surface area contributed by atoms with Crippen molar-refractivity contribution in [3.8, 4) is 12.3 Å². The van der Waals surface area contributed by atoms with Crippen LogP contribution in [0.5, 0.6) is 0 Å². The van der Waals surface area contributed by atoms with E-state index in [4.69, 9.17) is 21.6 Å². The predicted molar refractivity (Wildman–Crippen MR) is 150 cm³/mol. The lowest BCUT2D eigenvalue weighted by Gasteiger charge is -2.34. The molecule has 1 rings (SSSR count). The Morgan fingerprint density at radius 3 is 2.35 bits per heavy atom. The first-order valence-electron chi connectivity index (χ1n) is 13.4. The number of nitrogens with one attached hydrogen (secondary N) is 2. The molecule has 1 aromatic carbocycles. The second-order valence-electron chi connectivity index (χ2n) is 10.1. The number of hydrogen-bond donors (Lipinski definition) is 3. The van der Waals surface area contributed by atoms with Crippen LogP contribution in [0, 0.1) is 12.3 Å². The normalized spacial score (nSPS) is 12.3. The van der Waals surface area contributed by atoms with Crippen molar-refractivity contribution in [3.63, 3.8) is 0 Å². The molecule has 40 heavy (non-hydrogen) atoms. The van der Waals surface area contributed by atoms with Gasteiger partial charge in [0, 0.05) is 18.7 Å². The maximum absolute atomic E-state index is 14.0. The summed E-state index contributed by atoms with van der Waals surface area (Å²) in [6.07, 6.45) is 6.33. The molecule has 0 saturated heterocycles. The van der Waals surface area contributed by atoms with Gasteiger partial charge in [-0.05, 0) is 45.7 Å². The Kier molecular flexibility index (Phi) is 14.3. The quantitative estimate of drug-likeness (QED) is 0.170. The number of nitrogens with two attached hydrogens (primary N) is 1. The first-order chi connectivity index (χ1) is 18.8. The summed E-state index contributed by atoms with van der Waals surface area (Å²) in [5, 5.41) is 5.13. The van der Waals surface area contributed by atoms with E-state index < -0.39 is 53.9 Å². The molecule has 11 heteroatoms. The van der Waals surface area contributed by atoms with Crippen molar-refractivity contribution in [2.75, 3.05) is 19.7 Å². The molecule has 0 radical (unpaired) electrons. The van der Waals surface area contributed by atoms with Crippen molar-refractivity contribution in [2.45, 2.75) is 84.4 Å². The zero-order valence-corrected chi connectivity index (χ0v) is 24.1. The molecule has 220 valence electrons. The number of ether oxygens (including phenoxy) is 2. The number of alkyl carbamates (subject to hydrolysis) is 1. The second-order valence-corrected chi connectivity index (χ2v) is 10.1. The van der Waals surface area contributed by atoms with Gasteiger partial charge in [-0.1, -0.05) is 43.9 Å². The van der Waals surface area contributed by atoms with Gasteiger partial charge in [0.15, 0.2) is 0 Å². The van der Waals surface area contributed by atoms with E-state index in [-0.39, 0.29) is 26.1 Å². The first kappa shape index (κ1) is 34.0. The van der Waals surface area contributed by atoms with E-state index in [0.717, 1.165) is 12.8 Å². The summed E-state index contributed by atoms with van der Waals surface area (Å²) in [6, 6.07) is 4.04. The largest absolute Gasteiger partial charge is 0.466 e. The number of rotatable bonds is 15. The van der Waals surface area contributed by atoms with Crippen LogP contribution in [0.1, 0.15) is 83.9 Å². The minimum Gasteiger partial charge on any atom is -0.466 e. The van der Waals surface area contributed by atoms with E-state index in [9.17, 15) is 24.0 Å². The summed E-state index contributed by atoms with van der Waals surface area (Å²) in [5.41, 5.74) is 5.31. The molecule has 0 heterocycles. The van der Waals surface area contributed by atoms with Gasteiger partial charge in [0.2, 0.25) is 17.7 Å². The number of unbranched alkanes of at least 4 members (excludes halogenated alkanes) is 2. The molecule has 0 spiro atoms. The average Bonchev–Trinajstić information content (AvgIpc) is 2.86. The third-order valence-electron chi connectivity index (χ3n) is 5.58. The molecule has 4 amide bonds. The summed E-state index contributed by atoms with van der Waals surface area (Å²) in [5.74, 6) is -0.0694. The van der Waals surface area contributed by atoms with Crippen molar-refractivity contribution in [1.29, 1.82) is 0 Å². The Balaban J connectivity index is 3.53. The molecule has 2 atom stereocenters. The lowest BCUT2D eigenvalue weighted by molar-refractivity contribution is -0.144. The van der Waals surface area contributed by atoms with E-state index in [2.05, 4.69) is 16.6 Å². The molecule has 0 aromatic heterocycles. The zero-order valence-electron chi connectivity index (χ0n) is 24.1. The van der Waals surface area contributed by atoms with Crippen LogP contribution in [0.25, 0.3) is 0 Å². The number of benzene rings is 1. The van der Waals surface area contributed by atoms with E-state index in [1.807, 2.05) is 6.92 Å². The van der Waals surface area contributed by atoms with Gasteiger partial charge in [0.25, 0.3) is 0 Å². The fraction of sp³-hybridized carbons (Fsp3) is 0.552. The Hall–Kier alpha value is -4.07. The fourth-order valence-corrected chi connectivity index (χ4v) is 3.89. The molecule has 11 nitrogen and oxygen atoms in total. The van der Waals surface area contributed by atoms with Crippen LogP contribution in [0.2, 0.25) is 0 Å². The predicted octanol–water partition coefficient (Wildman–Crippen LogP) is 2.57. The summed E-state index contributed by atoms with van der Waals surface area (Å²) in [4.78, 5) is 65.2. The molecule has 4 N–H and O–H groups in total. The van der Waals surface area contributed by atoms with Crippen LogP contribution in [0.15, 0.2) is 24.3 Å². The van der Waals surface area contributed by atoms with Crippen LogP contribution in [0.4, 0.5) is 4.79 Å². The smallest absolute Gasteiger partial charge is 0.408 e. The van der Waals surface area contributed by atoms with E-state index >= 15 is 0 Å². The minimum absolute atomic E-state index is 0.0374. The van der Waals surface area contributed by atoms with Crippen molar-refractivity contribution >= 4 is 29.8 Å². The second kappa shape index (κ2) is 16.8. The lowest BCUT2D eigenvalue weighted by Crippen LogP contribution is -2.54. The van der Waals surface area contributed by atoms with Crippen LogP contribution < -0.4 is 16.4 Å². The van der Waals surface area contributed by atoms with Crippen molar-refractivity contribution in [2.24, 2.45) is 5.73 Å². The Morgan fingerprint density at radius 2 is 1.77 bits per heavy atom. The van der Waals surface area contributed by atoms with Gasteiger partial charge >= 0.3 is 12.1 Å². The van der Waals surface area contributed by atoms with Crippen LogP contribution in [-0.4, -0.2) is 66.0 Å². The van der Waals surface area contributed by atoms with Crippen LogP contribution in [0.3, 0.4) is 0 Å². The number of amides is 4. The number of carbonyl (C=O) groups is 5. The van der Waals surface area contributed by atoms with Gasteiger partial charge in [-0.3, -0.25) is 19.2 Å². The van der Waals surface area contributed by atoms with Crippen molar-refractivity contribution in [1.82, 2.24) is 15.5 Å². The van der Waals surface area contributed by atoms with E-state index in [1.165, 1.54) is 4.90 Å². The third-order valence-corrected chi connectivity index (χ3v) is 5.58. The highest BCUT2D eigenvalue weighted by atomic mass is 16.6. The number of carbonyl (C=O) groups excluding carboxylic acids is 5. The summed E-state index contributed by atoms with van der Waals surface area (Å²) < 4.78 is 10.2. The van der Waals surface area contributed by atoms with Gasteiger partial charge in [-0.15, -0.1) is 6.42 Å². The Labute approximate surface area is 236 Å². The summed E-state index contributed by atoms with van der Waals surface area (Å²) in [7, 11) is 0. The summed E-state index contributed by atoms with van der Waals surface area (Å²) in [6.45, 7) is 8.91. The standard InChI is InChI=1S/C29H42N4O7/c1-7-10-13-18-33(27(37)22(19-23(30)34)32-28(38)40-29(4,5)6)25(21-15-12-11-14-20(21)8-2)26(36)31-17-16-24(35)39-9-3/h2,11-12,14-15,22,25H,7,9-10,13,16-19H2,1,3-6H3,(H2,30,34)(H,31,36)(H,32,38). The fourth-order valence-electron chi connectivity index (χ4n) is 3.89. The molecular weight excluding hydrogens is 516 g/mol. The lowest BCUT2D eigenvalue weighted by atomic mass is 9.96. The van der Waals surface area contributed by atoms with Gasteiger partial charge in [-0.25, -0.2) is 4.79 Å². The molecule has 0 aliphatic heterocycles. The minimum atomic E-state index is -1.40. The number of hydrogen-bond acceptors (Lipinski definition) is 7. The Bertz CT molecular complexity index is 1070. The monoisotopic (exact) mass is 558 g/mol. The molecular formula is C29H42N4O7. The highest BCUT2D eigenvalue weighted by molar-refractivity contribution is 5.94. The number of nitrogens with zero attached hydrogens (tertiary/aromatic N) is 1. The Morgan fingerprint density at radius 1 is 1.10 bits per heavy atom. The van der Waals surface area contributed by atoms with Crippen molar-refractivity contribution < 1.29 is 33.4 Å². The molecule has 0 fully saturated rings. The number of primary amides is 1. The maximum atomic E-state index is 14.0. The van der Waals surface area contributed by atoms with Crippen LogP contribution >= 0.6 is 0 Å². The summed E-state index contributed by atoms with van der Waals surface area (Å²) >= 11 is 0. The van der Waals surface area contributed by atoms with Gasteiger partial charge < -0.3 is 30.7 Å². The average molecular weight is 559 g/mol. The van der Waals surface area contributed by atoms with Gasteiger partial charge in [0.05, 0.1) is 19.4 Å². The van der Waals surface area contributed by atoms with Crippen molar-refractivity contribution in [3.05, 3.63) is 35.4 Å². The topological polar surface area (TPSA) is 157 Å². The maximum Gasteiger partial charge on any atom is 0.408 e. The number of esters is 1. The van der Waals surface area contributed by atoms with E-state index in [1.54, 1.807) is 52.0 Å². The molecule has 2 unspecified atom stereocenters. The first-order valence-corrected chi connectivity index (χ1v) is 13.4. The highest BCUT2D eigenvalue weighted by Crippen LogP contribution is 2.27. The SMILES string of the molecule is C#Cc1ccccc1C(C(=O)NCCC(=O)OCC)N(CCCCC)C(=O)C(CC(N)=O)NC(=O)OC(C)(C)C. The highest BCUT2D eigenvalue weighted by Gasteiger charge is 2.37. The molecule has 0 saturated carbocycles. The van der Waals surface area contributed by atoms with Gasteiger partial charge in [-0.2, -0.15) is 0 Å². The molecule has 1 aromatic rings. The third kappa shape index (κ3) is 11.8. The van der Waals surface area contributed by atoms with Crippen LogP contribution in [-0.2, 0) is 28.7 Å². The number of terminal acetylenes is 1. The van der Waals surface area contributed by atoms with Gasteiger partial charge in [0.1, 0.15) is 17.7 Å². The van der Waals surface area contributed by atoms with E-state index in [0.29, 0.717) is 17.5 Å². The zero-order chi connectivity index (χ0) is 30.3. The molecule has 0 aliphatic rings. The molecule has 0 aliphatic carbocycles.